The highest BCUT2D eigenvalue weighted by Gasteiger charge is 1.57. The summed E-state index contributed by atoms with van der Waals surface area (Å²) in [6.45, 7) is 3.41. The molecule has 0 unspecified atom stereocenters. The predicted molar refractivity (Wildman–Crippen MR) is 81.3 cm³/mol. The van der Waals surface area contributed by atoms with E-state index in [1.165, 1.54) is 0 Å². The molecule has 86 valence electrons. The van der Waals surface area contributed by atoms with Crippen LogP contribution in [0.2, 0.25) is 0 Å². The summed E-state index contributed by atoms with van der Waals surface area (Å²) < 4.78 is 0. The predicted octanol–water partition coefficient (Wildman–Crippen LogP) is 1.06. The fourth-order valence-corrected chi connectivity index (χ4v) is 0.562. The van der Waals surface area contributed by atoms with Crippen LogP contribution in [0.3, 0.4) is 0 Å². The van der Waals surface area contributed by atoms with E-state index < -0.39 is 0 Å². The number of rotatable bonds is 0. The molecule has 0 aliphatic heterocycles. The van der Waals surface area contributed by atoms with Gasteiger partial charge in [-0.3, -0.25) is 0 Å². The Labute approximate surface area is 121 Å². The van der Waals surface area contributed by atoms with E-state index in [9.17, 15) is 0 Å². The second-order valence-corrected chi connectivity index (χ2v) is 2.50. The Bertz CT molecular complexity index is 821. The molecule has 0 saturated carbocycles. The van der Waals surface area contributed by atoms with Gasteiger partial charge in [0, 0.05) is 0 Å². The maximum Gasteiger partial charge on any atom is -0.0000000000000000214 e. The van der Waals surface area contributed by atoms with Crippen molar-refractivity contribution < 1.29 is 0 Å². The molecule has 0 atom stereocenters. The van der Waals surface area contributed by atoms with Crippen molar-refractivity contribution in [1.29, 1.82) is 0 Å². The van der Waals surface area contributed by atoms with Crippen molar-refractivity contribution in [2.45, 2.75) is 13.8 Å². The Hall–Kier alpha value is -3.96. The minimum absolute atomic E-state index is 1.70. The first-order valence-corrected chi connectivity index (χ1v) is 5.25. The molecule has 0 spiro atoms. The van der Waals surface area contributed by atoms with E-state index in [1.54, 1.807) is 13.8 Å². The van der Waals surface area contributed by atoms with Crippen LogP contribution in [0.5, 0.6) is 0 Å². The van der Waals surface area contributed by atoms with E-state index in [0.717, 1.165) is 0 Å². The van der Waals surface area contributed by atoms with E-state index in [2.05, 4.69) is 107 Å². The highest BCUT2D eigenvalue weighted by molar-refractivity contribution is 5.46. The average molecular weight is 246 g/mol. The second-order valence-electron chi connectivity index (χ2n) is 2.50. The molecule has 0 heterocycles. The van der Waals surface area contributed by atoms with Gasteiger partial charge in [-0.15, -0.1) is 0 Å². The van der Waals surface area contributed by atoms with Crippen molar-refractivity contribution in [1.82, 2.24) is 0 Å². The van der Waals surface area contributed by atoms with Crippen molar-refractivity contribution in [3.05, 3.63) is 0 Å². The molecule has 0 saturated heterocycles. The molecule has 0 aromatic rings. The Balaban J connectivity index is 4.33. The first-order valence-electron chi connectivity index (χ1n) is 5.25. The molecule has 0 fully saturated rings. The molecule has 0 radical (unpaired) electrons. The number of hydrogen-bond acceptors (Lipinski definition) is 0. The van der Waals surface area contributed by atoms with Gasteiger partial charge in [-0.2, -0.15) is 0 Å². The van der Waals surface area contributed by atoms with Gasteiger partial charge in [-0.05, 0) is 109 Å². The smallest absolute Gasteiger partial charge is 0.0000000000000000214 e. The van der Waals surface area contributed by atoms with Gasteiger partial charge in [0.15, 0.2) is 0 Å². The van der Waals surface area contributed by atoms with Gasteiger partial charge in [-0.25, -0.2) is 0 Å². The molecule has 0 nitrogen and oxygen atoms in total. The molecule has 0 bridgehead atoms. The van der Waals surface area contributed by atoms with Crippen molar-refractivity contribution in [3.8, 4) is 107 Å². The summed E-state index contributed by atoms with van der Waals surface area (Å²) in [7, 11) is 0. The first-order chi connectivity index (χ1) is 9.91. The Morgan fingerprint density at radius 3 is 0.550 bits per heavy atom. The van der Waals surface area contributed by atoms with Crippen LogP contribution in [0.1, 0.15) is 13.8 Å². The highest BCUT2D eigenvalue weighted by Crippen LogP contribution is 1.58. The van der Waals surface area contributed by atoms with E-state index in [0.29, 0.717) is 0 Å². The molecular weight excluding hydrogens is 240 g/mol. The van der Waals surface area contributed by atoms with Gasteiger partial charge in [0.1, 0.15) is 0 Å². The summed E-state index contributed by atoms with van der Waals surface area (Å²) in [5.74, 6) is 45.6. The zero-order chi connectivity index (χ0) is 14.7. The zero-order valence-corrected chi connectivity index (χ0v) is 11.0. The summed E-state index contributed by atoms with van der Waals surface area (Å²) >= 11 is 0. The van der Waals surface area contributed by atoms with Gasteiger partial charge in [0.05, 0.1) is 0 Å². The van der Waals surface area contributed by atoms with Gasteiger partial charge in [0.2, 0.25) is 0 Å². The third-order valence-corrected chi connectivity index (χ3v) is 1.19. The summed E-state index contributed by atoms with van der Waals surface area (Å²) in [5, 5.41) is 0. The van der Waals surface area contributed by atoms with E-state index in [1.807, 2.05) is 0 Å². The summed E-state index contributed by atoms with van der Waals surface area (Å²) in [4.78, 5) is 0. The molecule has 20 heavy (non-hydrogen) atoms. The maximum absolute atomic E-state index is 2.63. The van der Waals surface area contributed by atoms with Gasteiger partial charge >= 0.3 is 0 Å². The minimum atomic E-state index is 1.70. The van der Waals surface area contributed by atoms with E-state index in [-0.39, 0.29) is 0 Å². The van der Waals surface area contributed by atoms with E-state index >= 15 is 0 Å². The van der Waals surface area contributed by atoms with Crippen LogP contribution >= 0.6 is 0 Å². The molecule has 0 rings (SSSR count). The minimum Gasteiger partial charge on any atom is -0.0925 e. The number of hydrogen-bond donors (Lipinski definition) is 0. The van der Waals surface area contributed by atoms with Crippen molar-refractivity contribution in [2.24, 2.45) is 0 Å². The van der Waals surface area contributed by atoms with Crippen LogP contribution in [0, 0.1) is 107 Å². The Morgan fingerprint density at radius 1 is 0.250 bits per heavy atom. The maximum atomic E-state index is 2.63. The topological polar surface area (TPSA) is 0 Å². The van der Waals surface area contributed by atoms with Crippen LogP contribution < -0.4 is 0 Å². The monoisotopic (exact) mass is 246 g/mol. The van der Waals surface area contributed by atoms with Crippen LogP contribution in [0.4, 0.5) is 0 Å². The largest absolute Gasteiger partial charge is 0.0925 e. The van der Waals surface area contributed by atoms with Crippen molar-refractivity contribution >= 4 is 0 Å². The second kappa shape index (κ2) is 15.0. The third kappa shape index (κ3) is 14.0. The summed E-state index contributed by atoms with van der Waals surface area (Å²) in [6.07, 6.45) is 0. The van der Waals surface area contributed by atoms with Crippen LogP contribution in [0.25, 0.3) is 0 Å². The summed E-state index contributed by atoms with van der Waals surface area (Å²) in [6, 6.07) is 0. The van der Waals surface area contributed by atoms with Crippen LogP contribution in [0.15, 0.2) is 0 Å². The van der Waals surface area contributed by atoms with Crippen LogP contribution in [-0.4, -0.2) is 0 Å². The Morgan fingerprint density at radius 2 is 0.400 bits per heavy atom. The molecule has 0 aromatic heterocycles. The normalized spacial score (nSPS) is 3.90. The molecule has 0 amide bonds. The average Bonchev–Trinajstić information content (AvgIpc) is 2.47. The van der Waals surface area contributed by atoms with Gasteiger partial charge in [-0.1, -0.05) is 11.8 Å². The molecule has 0 heteroatoms. The van der Waals surface area contributed by atoms with E-state index in [4.69, 9.17) is 0 Å². The molecule has 0 aromatic carbocycles. The lowest BCUT2D eigenvalue weighted by Crippen LogP contribution is -1.56. The summed E-state index contributed by atoms with van der Waals surface area (Å²) in [5.41, 5.74) is 0. The fraction of sp³-hybridized carbons (Fsp3) is 0.100. The molecule has 0 aliphatic rings. The highest BCUT2D eigenvalue weighted by atomic mass is 13.6. The molecule has 0 aliphatic carbocycles. The lowest BCUT2D eigenvalue weighted by Gasteiger charge is -1.56. The molecular formula is C20H6. The van der Waals surface area contributed by atoms with Crippen LogP contribution in [-0.2, 0) is 0 Å². The Kier molecular flexibility index (Phi) is 12.1. The van der Waals surface area contributed by atoms with Gasteiger partial charge < -0.3 is 0 Å². The SMILES string of the molecule is CC#CC#CC#CC#CC#CC#CC#CC#CC#CC. The van der Waals surface area contributed by atoms with Crippen molar-refractivity contribution in [3.63, 3.8) is 0 Å². The van der Waals surface area contributed by atoms with Gasteiger partial charge in [0.25, 0.3) is 0 Å². The first kappa shape index (κ1) is 16.0. The lowest BCUT2D eigenvalue weighted by molar-refractivity contribution is 1.92. The fourth-order valence-electron chi connectivity index (χ4n) is 0.562. The zero-order valence-electron chi connectivity index (χ0n) is 11.0. The third-order valence-electron chi connectivity index (χ3n) is 1.19. The van der Waals surface area contributed by atoms with Crippen molar-refractivity contribution in [2.75, 3.05) is 0 Å². The standard InChI is InChI=1S/C20H6/c1-3-5-7-9-11-13-15-17-19-20-18-16-14-12-10-8-6-4-2/h1-2H3. The quantitative estimate of drug-likeness (QED) is 0.561. The molecule has 0 N–H and O–H groups in total. The lowest BCUT2D eigenvalue weighted by atomic mass is 10.5.